The van der Waals surface area contributed by atoms with Gasteiger partial charge in [0.2, 0.25) is 11.9 Å². The highest BCUT2D eigenvalue weighted by atomic mass is 16.2. The van der Waals surface area contributed by atoms with Gasteiger partial charge >= 0.3 is 0 Å². The Hall–Kier alpha value is -3.15. The van der Waals surface area contributed by atoms with Crippen LogP contribution in [0.2, 0.25) is 0 Å². The van der Waals surface area contributed by atoms with Crippen molar-refractivity contribution in [3.8, 4) is 0 Å². The molecule has 0 spiro atoms. The fourth-order valence-corrected chi connectivity index (χ4v) is 3.27. The van der Waals surface area contributed by atoms with Crippen molar-refractivity contribution in [3.05, 3.63) is 70.5 Å². The number of benzene rings is 2. The van der Waals surface area contributed by atoms with Crippen molar-refractivity contribution in [2.45, 2.75) is 6.42 Å². The summed E-state index contributed by atoms with van der Waals surface area (Å²) < 4.78 is 0. The molecule has 4 rings (SSSR count). The first-order valence-corrected chi connectivity index (χ1v) is 8.76. The molecule has 3 aromatic rings. The zero-order chi connectivity index (χ0) is 17.9. The highest BCUT2D eigenvalue weighted by Gasteiger charge is 2.22. The molecule has 0 unspecified atom stereocenters. The Balaban J connectivity index is 1.43. The highest BCUT2D eigenvalue weighted by molar-refractivity contribution is 5.79. The number of amides is 1. The van der Waals surface area contributed by atoms with Crippen LogP contribution in [-0.4, -0.2) is 47.0 Å². The summed E-state index contributed by atoms with van der Waals surface area (Å²) in [5.41, 5.74) is 1.59. The first kappa shape index (κ1) is 16.3. The number of fused-ring (bicyclic) bond motifs is 1. The number of rotatable bonds is 3. The van der Waals surface area contributed by atoms with E-state index in [2.05, 4.69) is 9.97 Å². The number of H-pyrrole nitrogens is 1. The number of hydrogen-bond donors (Lipinski definition) is 1. The van der Waals surface area contributed by atoms with E-state index in [1.54, 1.807) is 6.07 Å². The van der Waals surface area contributed by atoms with Crippen LogP contribution in [0.4, 0.5) is 5.95 Å². The van der Waals surface area contributed by atoms with E-state index in [-0.39, 0.29) is 11.5 Å². The average molecular weight is 348 g/mol. The summed E-state index contributed by atoms with van der Waals surface area (Å²) in [5.74, 6) is 0.708. The van der Waals surface area contributed by atoms with Gasteiger partial charge in [-0.05, 0) is 17.7 Å². The van der Waals surface area contributed by atoms with Crippen LogP contribution in [0.3, 0.4) is 0 Å². The number of piperazine rings is 1. The molecule has 2 aromatic carbocycles. The number of carbonyl (C=O) groups excluding carboxylic acids is 1. The normalized spacial score (nSPS) is 14.6. The summed E-state index contributed by atoms with van der Waals surface area (Å²) in [5, 5.41) is 0.591. The molecule has 0 aliphatic carbocycles. The fraction of sp³-hybridized carbons (Fsp3) is 0.250. The van der Waals surface area contributed by atoms with Crippen LogP contribution in [0, 0.1) is 0 Å². The van der Waals surface area contributed by atoms with E-state index in [0.29, 0.717) is 49.5 Å². The molecule has 1 aliphatic rings. The van der Waals surface area contributed by atoms with Crippen molar-refractivity contribution in [2.75, 3.05) is 31.1 Å². The van der Waals surface area contributed by atoms with Crippen LogP contribution in [0.25, 0.3) is 10.9 Å². The monoisotopic (exact) mass is 348 g/mol. The Morgan fingerprint density at radius 1 is 0.962 bits per heavy atom. The Bertz CT molecular complexity index is 976. The number of hydrogen-bond acceptors (Lipinski definition) is 4. The topological polar surface area (TPSA) is 69.3 Å². The zero-order valence-corrected chi connectivity index (χ0v) is 14.4. The second-order valence-electron chi connectivity index (χ2n) is 6.44. The molecular weight excluding hydrogens is 328 g/mol. The molecule has 0 atom stereocenters. The third-order valence-electron chi connectivity index (χ3n) is 4.73. The van der Waals surface area contributed by atoms with E-state index >= 15 is 0 Å². The minimum absolute atomic E-state index is 0.131. The van der Waals surface area contributed by atoms with Crippen molar-refractivity contribution >= 4 is 22.8 Å². The highest BCUT2D eigenvalue weighted by Crippen LogP contribution is 2.14. The smallest absolute Gasteiger partial charge is 0.260 e. The second-order valence-corrected chi connectivity index (χ2v) is 6.44. The third-order valence-corrected chi connectivity index (χ3v) is 4.73. The van der Waals surface area contributed by atoms with Gasteiger partial charge in [-0.1, -0.05) is 42.5 Å². The third kappa shape index (κ3) is 3.31. The lowest BCUT2D eigenvalue weighted by atomic mass is 10.1. The molecular formula is C20H20N4O2. The van der Waals surface area contributed by atoms with Crippen molar-refractivity contribution in [3.63, 3.8) is 0 Å². The molecule has 0 radical (unpaired) electrons. The predicted molar refractivity (Wildman–Crippen MR) is 101 cm³/mol. The molecule has 26 heavy (non-hydrogen) atoms. The summed E-state index contributed by atoms with van der Waals surface area (Å²) in [6.07, 6.45) is 0.423. The number of anilines is 1. The van der Waals surface area contributed by atoms with Crippen LogP contribution in [0.15, 0.2) is 59.4 Å². The van der Waals surface area contributed by atoms with Gasteiger partial charge in [0.25, 0.3) is 5.56 Å². The molecule has 0 bridgehead atoms. The van der Waals surface area contributed by atoms with Gasteiger partial charge in [-0.2, -0.15) is 0 Å². The van der Waals surface area contributed by atoms with E-state index in [9.17, 15) is 9.59 Å². The van der Waals surface area contributed by atoms with Gasteiger partial charge in [-0.25, -0.2) is 4.98 Å². The second kappa shape index (κ2) is 7.00. The van der Waals surface area contributed by atoms with Crippen molar-refractivity contribution in [1.29, 1.82) is 0 Å². The zero-order valence-electron chi connectivity index (χ0n) is 14.4. The molecule has 1 amide bonds. The molecule has 1 N–H and O–H groups in total. The number of nitrogens with zero attached hydrogens (tertiary/aromatic N) is 3. The summed E-state index contributed by atoms with van der Waals surface area (Å²) in [7, 11) is 0. The molecule has 6 nitrogen and oxygen atoms in total. The summed E-state index contributed by atoms with van der Waals surface area (Å²) >= 11 is 0. The Morgan fingerprint density at radius 3 is 2.42 bits per heavy atom. The standard InChI is InChI=1S/C20H20N4O2/c25-18(14-15-6-2-1-3-7-15)23-10-12-24(13-11-23)20-21-17-9-5-4-8-16(17)19(26)22-20/h1-9H,10-14H2,(H,21,22,26). The van der Waals surface area contributed by atoms with Gasteiger partial charge in [0, 0.05) is 26.2 Å². The first-order valence-electron chi connectivity index (χ1n) is 8.76. The molecule has 1 aliphatic heterocycles. The van der Waals surface area contributed by atoms with Gasteiger partial charge in [0.1, 0.15) is 0 Å². The van der Waals surface area contributed by atoms with Crippen molar-refractivity contribution in [1.82, 2.24) is 14.9 Å². The van der Waals surface area contributed by atoms with Gasteiger partial charge < -0.3 is 9.80 Å². The largest absolute Gasteiger partial charge is 0.339 e. The van der Waals surface area contributed by atoms with Gasteiger partial charge in [-0.15, -0.1) is 0 Å². The van der Waals surface area contributed by atoms with E-state index in [0.717, 1.165) is 5.56 Å². The number of carbonyl (C=O) groups is 1. The Labute approximate surface area is 151 Å². The predicted octanol–water partition coefficient (Wildman–Crippen LogP) is 1.81. The van der Waals surface area contributed by atoms with Crippen LogP contribution in [-0.2, 0) is 11.2 Å². The molecule has 132 valence electrons. The average Bonchev–Trinajstić information content (AvgIpc) is 2.69. The summed E-state index contributed by atoms with van der Waals surface area (Å²) in [6, 6.07) is 17.1. The number of aromatic nitrogens is 2. The molecule has 2 heterocycles. The maximum absolute atomic E-state index is 12.5. The van der Waals surface area contributed by atoms with Crippen LogP contribution in [0.1, 0.15) is 5.56 Å². The maximum atomic E-state index is 12.5. The van der Waals surface area contributed by atoms with Crippen LogP contribution < -0.4 is 10.5 Å². The van der Waals surface area contributed by atoms with E-state index in [1.165, 1.54) is 0 Å². The number of para-hydroxylation sites is 1. The Morgan fingerprint density at radius 2 is 1.65 bits per heavy atom. The molecule has 0 saturated carbocycles. The van der Waals surface area contributed by atoms with Crippen molar-refractivity contribution in [2.24, 2.45) is 0 Å². The first-order chi connectivity index (χ1) is 12.7. The summed E-state index contributed by atoms with van der Waals surface area (Å²) in [4.78, 5) is 36.0. The number of aromatic amines is 1. The minimum Gasteiger partial charge on any atom is -0.339 e. The summed E-state index contributed by atoms with van der Waals surface area (Å²) in [6.45, 7) is 2.56. The fourth-order valence-electron chi connectivity index (χ4n) is 3.27. The lowest BCUT2D eigenvalue weighted by Crippen LogP contribution is -2.50. The van der Waals surface area contributed by atoms with Crippen LogP contribution >= 0.6 is 0 Å². The Kier molecular flexibility index (Phi) is 4.39. The van der Waals surface area contributed by atoms with E-state index in [4.69, 9.17) is 0 Å². The quantitative estimate of drug-likeness (QED) is 0.784. The van der Waals surface area contributed by atoms with Gasteiger partial charge in [0.15, 0.2) is 0 Å². The van der Waals surface area contributed by atoms with Crippen molar-refractivity contribution < 1.29 is 4.79 Å². The lowest BCUT2D eigenvalue weighted by molar-refractivity contribution is -0.130. The van der Waals surface area contributed by atoms with E-state index in [1.807, 2.05) is 58.3 Å². The maximum Gasteiger partial charge on any atom is 0.260 e. The van der Waals surface area contributed by atoms with E-state index < -0.39 is 0 Å². The number of nitrogens with one attached hydrogen (secondary N) is 1. The SMILES string of the molecule is O=C(Cc1ccccc1)N1CCN(c2nc3ccccc3c(=O)[nH]2)CC1. The van der Waals surface area contributed by atoms with Gasteiger partial charge in [0.05, 0.1) is 17.3 Å². The molecule has 6 heteroatoms. The molecule has 1 saturated heterocycles. The van der Waals surface area contributed by atoms with Crippen LogP contribution in [0.5, 0.6) is 0 Å². The minimum atomic E-state index is -0.131. The van der Waals surface area contributed by atoms with Gasteiger partial charge in [-0.3, -0.25) is 14.6 Å². The molecule has 1 fully saturated rings. The lowest BCUT2D eigenvalue weighted by Gasteiger charge is -2.35. The molecule has 1 aromatic heterocycles.